The maximum Gasteiger partial charge on any atom is 0.0940 e. The molecule has 0 saturated heterocycles. The Labute approximate surface area is 98.9 Å². The topological polar surface area (TPSA) is 58.1 Å². The lowest BCUT2D eigenvalue weighted by atomic mass is 9.95. The van der Waals surface area contributed by atoms with Crippen LogP contribution in [0.15, 0.2) is 30.7 Å². The fourth-order valence-corrected chi connectivity index (χ4v) is 2.31. The number of H-pyrrole nitrogens is 1. The fourth-order valence-electron chi connectivity index (χ4n) is 2.31. The summed E-state index contributed by atoms with van der Waals surface area (Å²) >= 11 is 0. The van der Waals surface area contributed by atoms with Gasteiger partial charge in [0.25, 0.3) is 0 Å². The highest BCUT2D eigenvalue weighted by Gasteiger charge is 2.15. The molecule has 2 heterocycles. The number of hydrogen-bond acceptors (Lipinski definition) is 3. The van der Waals surface area contributed by atoms with Crippen LogP contribution in [0.1, 0.15) is 11.1 Å². The molecular formula is C13H14N2O2. The molecule has 0 aliphatic carbocycles. The van der Waals surface area contributed by atoms with Crippen molar-refractivity contribution in [3.05, 3.63) is 41.8 Å². The smallest absolute Gasteiger partial charge is 0.0940 e. The van der Waals surface area contributed by atoms with Gasteiger partial charge in [-0.1, -0.05) is 6.07 Å². The molecule has 2 aromatic rings. The summed E-state index contributed by atoms with van der Waals surface area (Å²) in [5.41, 5.74) is 3.11. The number of aliphatic hydroxyl groups is 1. The fraction of sp³-hybridized carbons (Fsp3) is 0.308. The van der Waals surface area contributed by atoms with E-state index < -0.39 is 0 Å². The molecule has 4 heteroatoms. The molecule has 1 aromatic heterocycles. The SMILES string of the molecule is OCc1c(C[C@H]2C=COC2)ccc2[nH]ncc12. The zero-order valence-electron chi connectivity index (χ0n) is 9.39. The second-order valence-corrected chi connectivity index (χ2v) is 4.32. The summed E-state index contributed by atoms with van der Waals surface area (Å²) in [4.78, 5) is 0. The van der Waals surface area contributed by atoms with Crippen LogP contribution in [0.4, 0.5) is 0 Å². The van der Waals surface area contributed by atoms with E-state index in [1.165, 1.54) is 5.56 Å². The standard InChI is InChI=1S/C13H14N2O2/c16-7-12-10(5-9-3-4-17-8-9)1-2-13-11(12)6-14-15-13/h1-4,6,9,16H,5,7-8H2,(H,14,15)/t9-/m1/s1. The van der Waals surface area contributed by atoms with E-state index in [9.17, 15) is 5.11 Å². The van der Waals surface area contributed by atoms with Crippen molar-refractivity contribution in [1.29, 1.82) is 0 Å². The van der Waals surface area contributed by atoms with Gasteiger partial charge in [-0.15, -0.1) is 0 Å². The number of rotatable bonds is 3. The summed E-state index contributed by atoms with van der Waals surface area (Å²) in [5.74, 6) is 0.407. The van der Waals surface area contributed by atoms with Gasteiger partial charge in [-0.25, -0.2) is 0 Å². The minimum Gasteiger partial charge on any atom is -0.501 e. The van der Waals surface area contributed by atoms with Crippen LogP contribution < -0.4 is 0 Å². The van der Waals surface area contributed by atoms with Crippen LogP contribution in [-0.4, -0.2) is 21.9 Å². The van der Waals surface area contributed by atoms with Crippen molar-refractivity contribution in [1.82, 2.24) is 10.2 Å². The van der Waals surface area contributed by atoms with Crippen LogP contribution in [0.25, 0.3) is 10.9 Å². The number of nitrogens with one attached hydrogen (secondary N) is 1. The first kappa shape index (κ1) is 10.4. The molecule has 1 aromatic carbocycles. The third-order valence-electron chi connectivity index (χ3n) is 3.23. The maximum atomic E-state index is 9.52. The van der Waals surface area contributed by atoms with Gasteiger partial charge in [0.1, 0.15) is 0 Å². The minimum atomic E-state index is 0.0451. The first-order chi connectivity index (χ1) is 8.38. The van der Waals surface area contributed by atoms with E-state index in [4.69, 9.17) is 4.74 Å². The van der Waals surface area contributed by atoms with E-state index in [-0.39, 0.29) is 6.61 Å². The van der Waals surface area contributed by atoms with Gasteiger partial charge >= 0.3 is 0 Å². The number of aliphatic hydroxyl groups excluding tert-OH is 1. The van der Waals surface area contributed by atoms with Crippen molar-refractivity contribution in [3.63, 3.8) is 0 Å². The summed E-state index contributed by atoms with van der Waals surface area (Å²) in [6, 6.07) is 4.06. The molecule has 1 aliphatic heterocycles. The van der Waals surface area contributed by atoms with Crippen molar-refractivity contribution >= 4 is 10.9 Å². The van der Waals surface area contributed by atoms with E-state index in [2.05, 4.69) is 22.3 Å². The Morgan fingerprint density at radius 1 is 1.47 bits per heavy atom. The molecule has 0 spiro atoms. The third kappa shape index (κ3) is 1.80. The predicted molar refractivity (Wildman–Crippen MR) is 64.3 cm³/mol. The highest BCUT2D eigenvalue weighted by molar-refractivity contribution is 5.82. The number of aromatic amines is 1. The van der Waals surface area contributed by atoms with E-state index in [1.807, 2.05) is 6.07 Å². The lowest BCUT2D eigenvalue weighted by molar-refractivity contribution is 0.247. The zero-order chi connectivity index (χ0) is 11.7. The molecule has 0 bridgehead atoms. The molecular weight excluding hydrogens is 216 g/mol. The molecule has 0 unspecified atom stereocenters. The first-order valence-corrected chi connectivity index (χ1v) is 5.71. The Balaban J connectivity index is 1.99. The summed E-state index contributed by atoms with van der Waals surface area (Å²) in [7, 11) is 0. The number of ether oxygens (including phenoxy) is 1. The molecule has 0 radical (unpaired) electrons. The maximum absolute atomic E-state index is 9.52. The number of benzene rings is 1. The Hall–Kier alpha value is -1.81. The normalized spacial score (nSPS) is 18.8. The van der Waals surface area contributed by atoms with Gasteiger partial charge in [0, 0.05) is 11.3 Å². The Morgan fingerprint density at radius 2 is 2.41 bits per heavy atom. The molecule has 4 nitrogen and oxygen atoms in total. The average Bonchev–Trinajstić information content (AvgIpc) is 2.98. The average molecular weight is 230 g/mol. The molecule has 88 valence electrons. The van der Waals surface area contributed by atoms with Crippen LogP contribution in [0, 0.1) is 5.92 Å². The quantitative estimate of drug-likeness (QED) is 0.844. The zero-order valence-corrected chi connectivity index (χ0v) is 9.39. The van der Waals surface area contributed by atoms with Gasteiger partial charge in [-0.2, -0.15) is 5.10 Å². The molecule has 0 fully saturated rings. The lowest BCUT2D eigenvalue weighted by Gasteiger charge is -2.11. The van der Waals surface area contributed by atoms with Crippen LogP contribution in [0.5, 0.6) is 0 Å². The molecule has 17 heavy (non-hydrogen) atoms. The van der Waals surface area contributed by atoms with Gasteiger partial charge < -0.3 is 9.84 Å². The highest BCUT2D eigenvalue weighted by Crippen LogP contribution is 2.24. The third-order valence-corrected chi connectivity index (χ3v) is 3.23. The molecule has 3 rings (SSSR count). The first-order valence-electron chi connectivity index (χ1n) is 5.71. The van der Waals surface area contributed by atoms with E-state index >= 15 is 0 Å². The van der Waals surface area contributed by atoms with E-state index in [1.54, 1.807) is 12.5 Å². The molecule has 0 saturated carbocycles. The second kappa shape index (κ2) is 4.22. The summed E-state index contributed by atoms with van der Waals surface area (Å²) in [6.07, 6.45) is 6.49. The van der Waals surface area contributed by atoms with Gasteiger partial charge in [0.15, 0.2) is 0 Å². The van der Waals surface area contributed by atoms with Gasteiger partial charge in [-0.05, 0) is 29.7 Å². The van der Waals surface area contributed by atoms with Crippen molar-refractivity contribution in [2.24, 2.45) is 5.92 Å². The van der Waals surface area contributed by atoms with Crippen molar-refractivity contribution in [2.45, 2.75) is 13.0 Å². The molecule has 1 aliphatic rings. The Bertz CT molecular complexity index is 560. The van der Waals surface area contributed by atoms with Crippen LogP contribution in [-0.2, 0) is 17.8 Å². The molecule has 2 N–H and O–H groups in total. The number of nitrogens with zero attached hydrogens (tertiary/aromatic N) is 1. The largest absolute Gasteiger partial charge is 0.501 e. The summed E-state index contributed by atoms with van der Waals surface area (Å²) in [6.45, 7) is 0.776. The molecule has 1 atom stereocenters. The monoisotopic (exact) mass is 230 g/mol. The van der Waals surface area contributed by atoms with Gasteiger partial charge in [0.05, 0.1) is 31.2 Å². The summed E-state index contributed by atoms with van der Waals surface area (Å²) < 4.78 is 5.21. The van der Waals surface area contributed by atoms with Crippen LogP contribution >= 0.6 is 0 Å². The Kier molecular flexibility index (Phi) is 2.57. The number of hydrogen-bond donors (Lipinski definition) is 2. The minimum absolute atomic E-state index is 0.0451. The summed E-state index contributed by atoms with van der Waals surface area (Å²) in [5, 5.41) is 17.4. The Morgan fingerprint density at radius 3 is 3.18 bits per heavy atom. The lowest BCUT2D eigenvalue weighted by Crippen LogP contribution is -2.06. The van der Waals surface area contributed by atoms with Crippen LogP contribution in [0.3, 0.4) is 0 Å². The van der Waals surface area contributed by atoms with Crippen molar-refractivity contribution in [2.75, 3.05) is 6.61 Å². The van der Waals surface area contributed by atoms with E-state index in [0.29, 0.717) is 5.92 Å². The van der Waals surface area contributed by atoms with Gasteiger partial charge in [-0.3, -0.25) is 5.10 Å². The van der Waals surface area contributed by atoms with Crippen LogP contribution in [0.2, 0.25) is 0 Å². The number of fused-ring (bicyclic) bond motifs is 1. The number of aromatic nitrogens is 2. The van der Waals surface area contributed by atoms with Gasteiger partial charge in [0.2, 0.25) is 0 Å². The van der Waals surface area contributed by atoms with Crippen molar-refractivity contribution in [3.8, 4) is 0 Å². The highest BCUT2D eigenvalue weighted by atomic mass is 16.5. The predicted octanol–water partition coefficient (Wildman–Crippen LogP) is 1.76. The van der Waals surface area contributed by atoms with Crippen molar-refractivity contribution < 1.29 is 9.84 Å². The second-order valence-electron chi connectivity index (χ2n) is 4.32. The van der Waals surface area contributed by atoms with E-state index in [0.717, 1.165) is 29.5 Å². The molecule has 0 amide bonds.